The fraction of sp³-hybridized carbons (Fsp3) is 0.107. The van der Waals surface area contributed by atoms with Crippen molar-refractivity contribution in [2.75, 3.05) is 4.90 Å². The van der Waals surface area contributed by atoms with Gasteiger partial charge in [-0.25, -0.2) is 0 Å². The standard InChI is InChI=1S/C56H43NO/c1-2-13-41(14-3-1)48-20-10-16-42-17-11-21-52(56(42)48)49-18-6-8-22-53(49)57(46-31-26-39(27-32-46)44-25-24-38-12-4-5-15-43(38)36-44)47-33-28-40(29-34-47)45-30-35-51-50-19-7-9-23-54(50)58-55(51)37-45/h4-12,15-37,41H,1-3,13-14H2. The van der Waals surface area contributed by atoms with E-state index in [1.165, 1.54) is 81.5 Å². The van der Waals surface area contributed by atoms with E-state index in [9.17, 15) is 0 Å². The van der Waals surface area contributed by atoms with Gasteiger partial charge in [-0.2, -0.15) is 0 Å². The summed E-state index contributed by atoms with van der Waals surface area (Å²) in [6.45, 7) is 0. The number of benzene rings is 9. The molecule has 1 aliphatic rings. The van der Waals surface area contributed by atoms with Crippen LogP contribution in [0.15, 0.2) is 199 Å². The Bertz CT molecular complexity index is 3090. The van der Waals surface area contributed by atoms with Crippen LogP contribution in [0, 0.1) is 0 Å². The number of nitrogens with zero attached hydrogens (tertiary/aromatic N) is 1. The molecule has 9 aromatic carbocycles. The van der Waals surface area contributed by atoms with E-state index in [4.69, 9.17) is 4.42 Å². The lowest BCUT2D eigenvalue weighted by atomic mass is 9.80. The summed E-state index contributed by atoms with van der Waals surface area (Å²) < 4.78 is 6.28. The van der Waals surface area contributed by atoms with Crippen molar-refractivity contribution in [3.8, 4) is 33.4 Å². The highest BCUT2D eigenvalue weighted by molar-refractivity contribution is 6.06. The summed E-state index contributed by atoms with van der Waals surface area (Å²) >= 11 is 0. The number of fused-ring (bicyclic) bond motifs is 5. The number of para-hydroxylation sites is 2. The summed E-state index contributed by atoms with van der Waals surface area (Å²) in [5.74, 6) is 0.593. The SMILES string of the molecule is c1ccc(N(c2ccc(-c3ccc4ccccc4c3)cc2)c2ccc(-c3ccc4c(c3)oc3ccccc34)cc2)c(-c2cccc3cccc(C4CCCCC4)c23)c1. The Balaban J connectivity index is 1.04. The zero-order chi connectivity index (χ0) is 38.4. The minimum atomic E-state index is 0.593. The number of rotatable bonds is 7. The van der Waals surface area contributed by atoms with Crippen LogP contribution in [-0.2, 0) is 0 Å². The molecule has 0 spiro atoms. The average Bonchev–Trinajstić information content (AvgIpc) is 3.67. The van der Waals surface area contributed by atoms with Crippen LogP contribution < -0.4 is 4.90 Å². The van der Waals surface area contributed by atoms with Gasteiger partial charge in [-0.05, 0) is 128 Å². The molecule has 0 radical (unpaired) electrons. The van der Waals surface area contributed by atoms with Crippen LogP contribution in [0.1, 0.15) is 43.6 Å². The van der Waals surface area contributed by atoms with E-state index in [0.29, 0.717) is 5.92 Å². The summed E-state index contributed by atoms with van der Waals surface area (Å²) in [7, 11) is 0. The van der Waals surface area contributed by atoms with Crippen LogP contribution in [0.2, 0.25) is 0 Å². The fourth-order valence-corrected chi connectivity index (χ4v) is 9.55. The lowest BCUT2D eigenvalue weighted by molar-refractivity contribution is 0.445. The van der Waals surface area contributed by atoms with Gasteiger partial charge < -0.3 is 9.32 Å². The largest absolute Gasteiger partial charge is 0.456 e. The van der Waals surface area contributed by atoms with Crippen LogP contribution in [-0.4, -0.2) is 0 Å². The Labute approximate surface area is 339 Å². The molecule has 0 bridgehead atoms. The first-order valence-corrected chi connectivity index (χ1v) is 20.8. The highest BCUT2D eigenvalue weighted by Gasteiger charge is 2.23. The highest BCUT2D eigenvalue weighted by atomic mass is 16.3. The summed E-state index contributed by atoms with van der Waals surface area (Å²) in [4.78, 5) is 2.44. The monoisotopic (exact) mass is 745 g/mol. The summed E-state index contributed by atoms with van der Waals surface area (Å²) in [5, 5.41) is 7.51. The Morgan fingerprint density at radius 1 is 0.397 bits per heavy atom. The summed E-state index contributed by atoms with van der Waals surface area (Å²) in [5.41, 5.74) is 13.9. The van der Waals surface area contributed by atoms with Gasteiger partial charge in [-0.15, -0.1) is 0 Å². The first-order valence-electron chi connectivity index (χ1n) is 20.8. The van der Waals surface area contributed by atoms with Crippen LogP contribution in [0.5, 0.6) is 0 Å². The average molecular weight is 746 g/mol. The van der Waals surface area contributed by atoms with Gasteiger partial charge in [-0.3, -0.25) is 0 Å². The normalized spacial score (nSPS) is 13.4. The zero-order valence-corrected chi connectivity index (χ0v) is 32.4. The molecule has 1 saturated carbocycles. The number of anilines is 3. The predicted octanol–water partition coefficient (Wildman–Crippen LogP) is 16.4. The molecule has 1 heterocycles. The van der Waals surface area contributed by atoms with Gasteiger partial charge in [0.1, 0.15) is 11.2 Å². The van der Waals surface area contributed by atoms with Gasteiger partial charge in [-0.1, -0.05) is 159 Å². The Morgan fingerprint density at radius 2 is 0.983 bits per heavy atom. The molecular weight excluding hydrogens is 703 g/mol. The molecule has 1 fully saturated rings. The molecule has 0 atom stereocenters. The lowest BCUT2D eigenvalue weighted by Crippen LogP contribution is -2.11. The minimum Gasteiger partial charge on any atom is -0.456 e. The molecule has 0 N–H and O–H groups in total. The molecule has 58 heavy (non-hydrogen) atoms. The topological polar surface area (TPSA) is 16.4 Å². The van der Waals surface area contributed by atoms with Gasteiger partial charge in [0.05, 0.1) is 5.69 Å². The van der Waals surface area contributed by atoms with Crippen LogP contribution in [0.25, 0.3) is 76.9 Å². The van der Waals surface area contributed by atoms with Crippen LogP contribution in [0.4, 0.5) is 17.1 Å². The second kappa shape index (κ2) is 14.6. The lowest BCUT2D eigenvalue weighted by Gasteiger charge is -2.29. The first-order chi connectivity index (χ1) is 28.7. The van der Waals surface area contributed by atoms with Gasteiger partial charge in [0.2, 0.25) is 0 Å². The maximum atomic E-state index is 6.28. The molecular formula is C56H43NO. The van der Waals surface area contributed by atoms with E-state index in [1.807, 2.05) is 12.1 Å². The Kier molecular flexibility index (Phi) is 8.62. The van der Waals surface area contributed by atoms with Crippen LogP contribution >= 0.6 is 0 Å². The van der Waals surface area contributed by atoms with Crippen molar-refractivity contribution in [3.63, 3.8) is 0 Å². The highest BCUT2D eigenvalue weighted by Crippen LogP contribution is 2.46. The van der Waals surface area contributed by atoms with E-state index in [2.05, 4.69) is 187 Å². The number of hydrogen-bond acceptors (Lipinski definition) is 2. The Hall–Kier alpha value is -6.90. The third kappa shape index (κ3) is 6.13. The number of hydrogen-bond donors (Lipinski definition) is 0. The molecule has 10 aromatic rings. The van der Waals surface area contributed by atoms with Crippen molar-refractivity contribution < 1.29 is 4.42 Å². The van der Waals surface area contributed by atoms with Gasteiger partial charge in [0.25, 0.3) is 0 Å². The molecule has 1 aliphatic carbocycles. The molecule has 1 aromatic heterocycles. The molecule has 0 amide bonds. The molecule has 0 aliphatic heterocycles. The van der Waals surface area contributed by atoms with Gasteiger partial charge in [0.15, 0.2) is 0 Å². The van der Waals surface area contributed by atoms with E-state index in [0.717, 1.165) is 50.1 Å². The first kappa shape index (κ1) is 34.4. The van der Waals surface area contributed by atoms with Crippen molar-refractivity contribution >= 4 is 60.5 Å². The summed E-state index contributed by atoms with van der Waals surface area (Å²) in [6.07, 6.45) is 6.50. The van der Waals surface area contributed by atoms with E-state index in [-0.39, 0.29) is 0 Å². The summed E-state index contributed by atoms with van der Waals surface area (Å²) in [6, 6.07) is 71.1. The molecule has 278 valence electrons. The van der Waals surface area contributed by atoms with Gasteiger partial charge >= 0.3 is 0 Å². The molecule has 2 heteroatoms. The maximum absolute atomic E-state index is 6.28. The smallest absolute Gasteiger partial charge is 0.136 e. The minimum absolute atomic E-state index is 0.593. The van der Waals surface area contributed by atoms with Crippen molar-refractivity contribution in [2.24, 2.45) is 0 Å². The van der Waals surface area contributed by atoms with Crippen molar-refractivity contribution in [1.82, 2.24) is 0 Å². The second-order valence-electron chi connectivity index (χ2n) is 15.9. The maximum Gasteiger partial charge on any atom is 0.136 e. The fourth-order valence-electron chi connectivity index (χ4n) is 9.55. The van der Waals surface area contributed by atoms with Gasteiger partial charge in [0, 0.05) is 27.7 Å². The van der Waals surface area contributed by atoms with Crippen LogP contribution in [0.3, 0.4) is 0 Å². The third-order valence-corrected chi connectivity index (χ3v) is 12.5. The Morgan fingerprint density at radius 3 is 1.78 bits per heavy atom. The van der Waals surface area contributed by atoms with Crippen molar-refractivity contribution in [1.29, 1.82) is 0 Å². The number of furan rings is 1. The van der Waals surface area contributed by atoms with E-state index in [1.54, 1.807) is 0 Å². The molecule has 2 nitrogen and oxygen atoms in total. The zero-order valence-electron chi connectivity index (χ0n) is 32.4. The predicted molar refractivity (Wildman–Crippen MR) is 246 cm³/mol. The molecule has 0 unspecified atom stereocenters. The van der Waals surface area contributed by atoms with E-state index < -0.39 is 0 Å². The molecule has 0 saturated heterocycles. The van der Waals surface area contributed by atoms with Crippen molar-refractivity contribution in [2.45, 2.75) is 38.0 Å². The van der Waals surface area contributed by atoms with E-state index >= 15 is 0 Å². The molecule has 11 rings (SSSR count). The quantitative estimate of drug-likeness (QED) is 0.162. The second-order valence-corrected chi connectivity index (χ2v) is 15.9. The van der Waals surface area contributed by atoms with Crippen molar-refractivity contribution in [3.05, 3.63) is 200 Å². The third-order valence-electron chi connectivity index (χ3n) is 12.5.